The maximum absolute atomic E-state index is 14.5. The van der Waals surface area contributed by atoms with Crippen LogP contribution in [-0.4, -0.2) is 41.1 Å². The molecule has 9 heteroatoms. The number of aromatic nitrogens is 1. The lowest BCUT2D eigenvalue weighted by Crippen LogP contribution is -2.60. The first kappa shape index (κ1) is 22.8. The van der Waals surface area contributed by atoms with Gasteiger partial charge in [0.15, 0.2) is 0 Å². The van der Waals surface area contributed by atoms with E-state index >= 15 is 0 Å². The van der Waals surface area contributed by atoms with Crippen molar-refractivity contribution in [1.29, 1.82) is 0 Å². The quantitative estimate of drug-likeness (QED) is 0.575. The van der Waals surface area contributed by atoms with Gasteiger partial charge in [-0.1, -0.05) is 18.2 Å². The first-order chi connectivity index (χ1) is 15.6. The van der Waals surface area contributed by atoms with Crippen molar-refractivity contribution in [1.82, 2.24) is 9.88 Å². The number of methoxy groups -OCH3 is 1. The molecule has 2 heterocycles. The van der Waals surface area contributed by atoms with Gasteiger partial charge in [-0.15, -0.1) is 0 Å². The Morgan fingerprint density at radius 1 is 1.30 bits per heavy atom. The van der Waals surface area contributed by atoms with E-state index in [2.05, 4.69) is 10.3 Å². The number of alkyl halides is 2. The van der Waals surface area contributed by atoms with Crippen molar-refractivity contribution in [3.63, 3.8) is 0 Å². The van der Waals surface area contributed by atoms with Crippen LogP contribution >= 0.6 is 0 Å². The second-order valence-electron chi connectivity index (χ2n) is 8.26. The third-order valence-electron chi connectivity index (χ3n) is 5.92. The summed E-state index contributed by atoms with van der Waals surface area (Å²) in [5.74, 6) is -0.634. The van der Waals surface area contributed by atoms with Crippen LogP contribution in [0.2, 0.25) is 0 Å². The van der Waals surface area contributed by atoms with E-state index in [1.54, 1.807) is 25.1 Å². The molecule has 1 aromatic heterocycles. The SMILES string of the molecule is COc1cc2nc(C)cc(NCc3cccc(C(F)F)c3F)c2cc1C1(O)CN(C(C)=O)C1. The molecule has 2 N–H and O–H groups in total. The zero-order chi connectivity index (χ0) is 23.9. The molecule has 1 aliphatic heterocycles. The van der Waals surface area contributed by atoms with Gasteiger partial charge in [0.25, 0.3) is 6.43 Å². The topological polar surface area (TPSA) is 74.7 Å². The van der Waals surface area contributed by atoms with Gasteiger partial charge < -0.3 is 20.1 Å². The maximum Gasteiger partial charge on any atom is 0.266 e. The summed E-state index contributed by atoms with van der Waals surface area (Å²) in [6, 6.07) is 9.12. The Morgan fingerprint density at radius 3 is 2.67 bits per heavy atom. The number of hydrogen-bond donors (Lipinski definition) is 2. The Hall–Kier alpha value is -3.33. The van der Waals surface area contributed by atoms with E-state index < -0.39 is 23.4 Å². The number of aliphatic hydroxyl groups is 1. The summed E-state index contributed by atoms with van der Waals surface area (Å²) >= 11 is 0. The average Bonchev–Trinajstić information content (AvgIpc) is 2.74. The Bertz CT molecular complexity index is 1230. The van der Waals surface area contributed by atoms with Crippen molar-refractivity contribution in [3.8, 4) is 5.75 Å². The molecule has 3 aromatic rings. The number of pyridine rings is 1. The van der Waals surface area contributed by atoms with Crippen molar-refractivity contribution in [3.05, 3.63) is 64.6 Å². The third kappa shape index (κ3) is 4.20. The van der Waals surface area contributed by atoms with E-state index in [-0.39, 0.29) is 31.1 Å². The summed E-state index contributed by atoms with van der Waals surface area (Å²) in [6.45, 7) is 3.49. The molecule has 0 saturated carbocycles. The van der Waals surface area contributed by atoms with Gasteiger partial charge in [-0.25, -0.2) is 13.2 Å². The van der Waals surface area contributed by atoms with Crippen LogP contribution in [0.3, 0.4) is 0 Å². The monoisotopic (exact) mass is 459 g/mol. The molecule has 0 radical (unpaired) electrons. The van der Waals surface area contributed by atoms with Crippen LogP contribution in [0.15, 0.2) is 36.4 Å². The van der Waals surface area contributed by atoms with Gasteiger partial charge in [-0.2, -0.15) is 0 Å². The number of anilines is 1. The standard InChI is InChI=1S/C24H24F3N3O3/c1-13-7-19(28-10-15-5-4-6-16(22(15)25)23(26)27)17-8-18(21(33-3)9-20(17)29-13)24(32)11-30(12-24)14(2)31/h4-9,23,32H,10-12H2,1-3H3,(H,28,29). The van der Waals surface area contributed by atoms with Crippen molar-refractivity contribution in [2.24, 2.45) is 0 Å². The van der Waals surface area contributed by atoms with Crippen LogP contribution in [0.5, 0.6) is 5.75 Å². The minimum Gasteiger partial charge on any atom is -0.496 e. The number of aryl methyl sites for hydroxylation is 1. The van der Waals surface area contributed by atoms with E-state index in [4.69, 9.17) is 4.74 Å². The van der Waals surface area contributed by atoms with Crippen LogP contribution < -0.4 is 10.1 Å². The van der Waals surface area contributed by atoms with E-state index in [1.807, 2.05) is 0 Å². The molecular weight excluding hydrogens is 435 g/mol. The van der Waals surface area contributed by atoms with Crippen molar-refractivity contribution in [2.45, 2.75) is 32.4 Å². The van der Waals surface area contributed by atoms with E-state index in [9.17, 15) is 23.1 Å². The van der Waals surface area contributed by atoms with Gasteiger partial charge in [-0.05, 0) is 19.1 Å². The Balaban J connectivity index is 1.72. The number of likely N-dealkylation sites (tertiary alicyclic amines) is 1. The van der Waals surface area contributed by atoms with E-state index in [0.717, 1.165) is 6.07 Å². The zero-order valence-corrected chi connectivity index (χ0v) is 18.5. The lowest BCUT2D eigenvalue weighted by molar-refractivity contribution is -0.155. The Labute approximate surface area is 189 Å². The third-order valence-corrected chi connectivity index (χ3v) is 5.92. The minimum atomic E-state index is -2.90. The first-order valence-electron chi connectivity index (χ1n) is 10.4. The fourth-order valence-electron chi connectivity index (χ4n) is 4.14. The highest BCUT2D eigenvalue weighted by Gasteiger charge is 2.46. The van der Waals surface area contributed by atoms with Gasteiger partial charge >= 0.3 is 0 Å². The number of amides is 1. The van der Waals surface area contributed by atoms with Gasteiger partial charge in [-0.3, -0.25) is 9.78 Å². The fourth-order valence-corrected chi connectivity index (χ4v) is 4.14. The summed E-state index contributed by atoms with van der Waals surface area (Å²) in [6.07, 6.45) is -2.90. The van der Waals surface area contributed by atoms with E-state index in [1.165, 1.54) is 31.1 Å². The predicted octanol–water partition coefficient (Wildman–Crippen LogP) is 4.29. The van der Waals surface area contributed by atoms with Gasteiger partial charge in [0.05, 0.1) is 31.3 Å². The number of carbonyl (C=O) groups excluding carboxylic acids is 1. The summed E-state index contributed by atoms with van der Waals surface area (Å²) in [5, 5.41) is 14.9. The van der Waals surface area contributed by atoms with Crippen LogP contribution in [0.25, 0.3) is 10.9 Å². The summed E-state index contributed by atoms with van der Waals surface area (Å²) in [7, 11) is 1.49. The largest absolute Gasteiger partial charge is 0.496 e. The molecule has 0 atom stereocenters. The first-order valence-corrected chi connectivity index (χ1v) is 10.4. The molecule has 33 heavy (non-hydrogen) atoms. The zero-order valence-electron chi connectivity index (χ0n) is 18.5. The van der Waals surface area contributed by atoms with E-state index in [0.29, 0.717) is 33.6 Å². The molecule has 1 aliphatic rings. The second kappa shape index (κ2) is 8.55. The highest BCUT2D eigenvalue weighted by molar-refractivity contribution is 5.93. The molecule has 4 rings (SSSR count). The summed E-state index contributed by atoms with van der Waals surface area (Å²) in [5.41, 5.74) is 0.589. The molecule has 0 spiro atoms. The summed E-state index contributed by atoms with van der Waals surface area (Å²) in [4.78, 5) is 17.7. The molecule has 0 bridgehead atoms. The van der Waals surface area contributed by atoms with Gasteiger partial charge in [0.2, 0.25) is 5.91 Å². The molecular formula is C24H24F3N3O3. The Morgan fingerprint density at radius 2 is 2.03 bits per heavy atom. The smallest absolute Gasteiger partial charge is 0.266 e. The lowest BCUT2D eigenvalue weighted by Gasteiger charge is -2.46. The number of carbonyl (C=O) groups is 1. The molecule has 1 amide bonds. The number of nitrogens with one attached hydrogen (secondary N) is 1. The van der Waals surface area contributed by atoms with Crippen LogP contribution in [-0.2, 0) is 16.9 Å². The maximum atomic E-state index is 14.5. The van der Waals surface area contributed by atoms with Crippen LogP contribution in [0.4, 0.5) is 18.9 Å². The molecule has 0 unspecified atom stereocenters. The number of nitrogens with zero attached hydrogens (tertiary/aromatic N) is 2. The Kier molecular flexibility index (Phi) is 5.92. The van der Waals surface area contributed by atoms with Crippen molar-refractivity contribution >= 4 is 22.5 Å². The number of benzene rings is 2. The van der Waals surface area contributed by atoms with Crippen molar-refractivity contribution < 1.29 is 27.8 Å². The number of β-amino-alcohol motifs (C(OH)–C–C–N with tert-alkyl or cyclic N) is 1. The minimum absolute atomic E-state index is 0.0192. The van der Waals surface area contributed by atoms with Crippen molar-refractivity contribution in [2.75, 3.05) is 25.5 Å². The van der Waals surface area contributed by atoms with Gasteiger partial charge in [0, 0.05) is 47.4 Å². The molecule has 0 aliphatic carbocycles. The number of ether oxygens (including phenoxy) is 1. The fraction of sp³-hybridized carbons (Fsp3) is 0.333. The second-order valence-corrected chi connectivity index (χ2v) is 8.26. The van der Waals surface area contributed by atoms with Crippen LogP contribution in [0, 0.1) is 12.7 Å². The molecule has 1 fully saturated rings. The number of rotatable bonds is 6. The molecule has 2 aromatic carbocycles. The normalized spacial score (nSPS) is 15.0. The molecule has 6 nitrogen and oxygen atoms in total. The summed E-state index contributed by atoms with van der Waals surface area (Å²) < 4.78 is 46.1. The average molecular weight is 459 g/mol. The van der Waals surface area contributed by atoms with Crippen LogP contribution in [0.1, 0.15) is 35.7 Å². The molecule has 174 valence electrons. The lowest BCUT2D eigenvalue weighted by atomic mass is 9.84. The predicted molar refractivity (Wildman–Crippen MR) is 118 cm³/mol. The highest BCUT2D eigenvalue weighted by Crippen LogP contribution is 2.41. The number of halogens is 3. The molecule has 1 saturated heterocycles. The highest BCUT2D eigenvalue weighted by atomic mass is 19.3. The number of fused-ring (bicyclic) bond motifs is 1. The van der Waals surface area contributed by atoms with Gasteiger partial charge in [0.1, 0.15) is 17.2 Å². The number of hydrogen-bond acceptors (Lipinski definition) is 5.